The highest BCUT2D eigenvalue weighted by Gasteiger charge is 2.30. The van der Waals surface area contributed by atoms with Gasteiger partial charge in [-0.25, -0.2) is 0 Å². The summed E-state index contributed by atoms with van der Waals surface area (Å²) in [4.78, 5) is 39.0. The molecule has 0 aromatic heterocycles. The van der Waals surface area contributed by atoms with Gasteiger partial charge in [0.1, 0.15) is 6.54 Å². The standard InChI is InChI=1S/C21H30N4O3/c1-21(2,3)11-19(27)25-12-18(26)23-16-10-13(8-9-17(16)25)20(28)24-15-7-5-4-6-14(15)22/h8-10,14-15H,4-7,11-12,22H2,1-3H3,(H,23,26)(H,24,28). The van der Waals surface area contributed by atoms with Crippen molar-refractivity contribution in [3.63, 3.8) is 0 Å². The molecule has 1 aliphatic carbocycles. The zero-order valence-corrected chi connectivity index (χ0v) is 16.9. The van der Waals surface area contributed by atoms with Crippen molar-refractivity contribution in [3.05, 3.63) is 23.8 Å². The van der Waals surface area contributed by atoms with Gasteiger partial charge in [0.2, 0.25) is 11.8 Å². The minimum atomic E-state index is -0.262. The second-order valence-corrected chi connectivity index (χ2v) is 9.03. The van der Waals surface area contributed by atoms with Crippen LogP contribution in [0.2, 0.25) is 0 Å². The summed E-state index contributed by atoms with van der Waals surface area (Å²) in [6.45, 7) is 5.95. The minimum absolute atomic E-state index is 0.00954. The summed E-state index contributed by atoms with van der Waals surface area (Å²) in [6.07, 6.45) is 4.28. The third-order valence-corrected chi connectivity index (χ3v) is 5.24. The Morgan fingerprint density at radius 1 is 1.25 bits per heavy atom. The zero-order valence-electron chi connectivity index (χ0n) is 16.9. The number of hydrogen-bond acceptors (Lipinski definition) is 4. The first-order valence-corrected chi connectivity index (χ1v) is 9.95. The molecule has 0 bridgehead atoms. The largest absolute Gasteiger partial charge is 0.348 e. The van der Waals surface area contributed by atoms with Gasteiger partial charge >= 0.3 is 0 Å². The van der Waals surface area contributed by atoms with E-state index in [1.807, 2.05) is 20.8 Å². The number of nitrogens with two attached hydrogens (primary N) is 1. The van der Waals surface area contributed by atoms with Gasteiger partial charge in [0, 0.05) is 24.1 Å². The lowest BCUT2D eigenvalue weighted by molar-refractivity contribution is -0.123. The summed E-state index contributed by atoms with van der Waals surface area (Å²) < 4.78 is 0. The molecule has 1 fully saturated rings. The lowest BCUT2D eigenvalue weighted by Crippen LogP contribution is -2.49. The normalized spacial score (nSPS) is 22.3. The molecule has 7 nitrogen and oxygen atoms in total. The van der Waals surface area contributed by atoms with E-state index in [2.05, 4.69) is 10.6 Å². The third-order valence-electron chi connectivity index (χ3n) is 5.24. The summed E-state index contributed by atoms with van der Waals surface area (Å²) in [5.41, 5.74) is 7.50. The van der Waals surface area contributed by atoms with Crippen molar-refractivity contribution in [1.82, 2.24) is 5.32 Å². The quantitative estimate of drug-likeness (QED) is 0.742. The fraction of sp³-hybridized carbons (Fsp3) is 0.571. The molecule has 152 valence electrons. The first-order chi connectivity index (χ1) is 13.1. The molecule has 0 radical (unpaired) electrons. The Hall–Kier alpha value is -2.41. The summed E-state index contributed by atoms with van der Waals surface area (Å²) in [6, 6.07) is 4.99. The molecule has 1 aromatic rings. The minimum Gasteiger partial charge on any atom is -0.348 e. The van der Waals surface area contributed by atoms with Gasteiger partial charge in [-0.05, 0) is 36.5 Å². The first-order valence-electron chi connectivity index (χ1n) is 9.95. The van der Waals surface area contributed by atoms with Crippen molar-refractivity contribution in [2.45, 2.75) is 65.0 Å². The number of anilines is 2. The average molecular weight is 386 g/mol. The van der Waals surface area contributed by atoms with Crippen LogP contribution in [-0.2, 0) is 9.59 Å². The lowest BCUT2D eigenvalue weighted by Gasteiger charge is -2.32. The molecule has 2 unspecified atom stereocenters. The van der Waals surface area contributed by atoms with E-state index in [4.69, 9.17) is 5.73 Å². The van der Waals surface area contributed by atoms with Crippen molar-refractivity contribution in [3.8, 4) is 0 Å². The second kappa shape index (κ2) is 7.91. The van der Waals surface area contributed by atoms with Crippen LogP contribution < -0.4 is 21.3 Å². The molecule has 3 amide bonds. The Morgan fingerprint density at radius 3 is 2.64 bits per heavy atom. The van der Waals surface area contributed by atoms with Gasteiger partial charge in [-0.1, -0.05) is 33.6 Å². The highest BCUT2D eigenvalue weighted by Crippen LogP contribution is 2.32. The second-order valence-electron chi connectivity index (χ2n) is 9.03. The number of carbonyl (C=O) groups excluding carboxylic acids is 3. The Balaban J connectivity index is 1.79. The topological polar surface area (TPSA) is 105 Å². The van der Waals surface area contributed by atoms with Crippen LogP contribution in [0.15, 0.2) is 18.2 Å². The van der Waals surface area contributed by atoms with Gasteiger partial charge in [-0.3, -0.25) is 14.4 Å². The van der Waals surface area contributed by atoms with Crippen LogP contribution >= 0.6 is 0 Å². The van der Waals surface area contributed by atoms with Crippen molar-refractivity contribution in [2.24, 2.45) is 11.1 Å². The molecule has 4 N–H and O–H groups in total. The van der Waals surface area contributed by atoms with Crippen molar-refractivity contribution >= 4 is 29.1 Å². The van der Waals surface area contributed by atoms with Crippen LogP contribution in [0.5, 0.6) is 0 Å². The fourth-order valence-electron chi connectivity index (χ4n) is 3.79. The molecular formula is C21H30N4O3. The van der Waals surface area contributed by atoms with E-state index in [1.54, 1.807) is 18.2 Å². The highest BCUT2D eigenvalue weighted by atomic mass is 16.2. The molecule has 0 spiro atoms. The monoisotopic (exact) mass is 386 g/mol. The number of amides is 3. The number of hydrogen-bond donors (Lipinski definition) is 3. The number of benzene rings is 1. The van der Waals surface area contributed by atoms with E-state index < -0.39 is 0 Å². The van der Waals surface area contributed by atoms with Gasteiger partial charge < -0.3 is 21.3 Å². The van der Waals surface area contributed by atoms with Crippen LogP contribution in [0.4, 0.5) is 11.4 Å². The molecule has 0 saturated heterocycles. The number of nitrogens with zero attached hydrogens (tertiary/aromatic N) is 1. The maximum atomic E-state index is 12.7. The predicted molar refractivity (Wildman–Crippen MR) is 109 cm³/mol. The first kappa shape index (κ1) is 20.3. The average Bonchev–Trinajstić information content (AvgIpc) is 2.60. The Morgan fingerprint density at radius 2 is 1.96 bits per heavy atom. The SMILES string of the molecule is CC(C)(C)CC(=O)N1CC(=O)Nc2cc(C(=O)NC3CCCCC3N)ccc21. The Kier molecular flexibility index (Phi) is 5.74. The lowest BCUT2D eigenvalue weighted by atomic mass is 9.90. The molecule has 1 heterocycles. The molecule has 7 heteroatoms. The van der Waals surface area contributed by atoms with Gasteiger partial charge in [-0.2, -0.15) is 0 Å². The van der Waals surface area contributed by atoms with Gasteiger partial charge in [0.15, 0.2) is 0 Å². The van der Waals surface area contributed by atoms with Crippen LogP contribution in [0.25, 0.3) is 0 Å². The Labute approximate surface area is 166 Å². The maximum Gasteiger partial charge on any atom is 0.251 e. The number of nitrogens with one attached hydrogen (secondary N) is 2. The summed E-state index contributed by atoms with van der Waals surface area (Å²) >= 11 is 0. The molecule has 28 heavy (non-hydrogen) atoms. The number of carbonyl (C=O) groups is 3. The molecule has 1 aliphatic heterocycles. The predicted octanol–water partition coefficient (Wildman–Crippen LogP) is 2.41. The summed E-state index contributed by atoms with van der Waals surface area (Å²) in [7, 11) is 0. The van der Waals surface area contributed by atoms with Crippen molar-refractivity contribution < 1.29 is 14.4 Å². The van der Waals surface area contributed by atoms with Crippen LogP contribution in [0.3, 0.4) is 0 Å². The van der Waals surface area contributed by atoms with Crippen LogP contribution in [-0.4, -0.2) is 36.3 Å². The van der Waals surface area contributed by atoms with Gasteiger partial charge in [0.25, 0.3) is 5.91 Å². The van der Waals surface area contributed by atoms with E-state index in [0.717, 1.165) is 25.7 Å². The maximum absolute atomic E-state index is 12.7. The highest BCUT2D eigenvalue weighted by molar-refractivity contribution is 6.11. The van der Waals surface area contributed by atoms with E-state index in [9.17, 15) is 14.4 Å². The van der Waals surface area contributed by atoms with Crippen LogP contribution in [0, 0.1) is 5.41 Å². The molecule has 2 aliphatic rings. The fourth-order valence-corrected chi connectivity index (χ4v) is 3.79. The van der Waals surface area contributed by atoms with E-state index >= 15 is 0 Å². The van der Waals surface area contributed by atoms with Crippen LogP contribution in [0.1, 0.15) is 63.2 Å². The molecule has 1 aromatic carbocycles. The van der Waals surface area contributed by atoms with Gasteiger partial charge in [0.05, 0.1) is 11.4 Å². The molecule has 2 atom stereocenters. The van der Waals surface area contributed by atoms with Gasteiger partial charge in [-0.15, -0.1) is 0 Å². The summed E-state index contributed by atoms with van der Waals surface area (Å²) in [5, 5.41) is 5.79. The zero-order chi connectivity index (χ0) is 20.5. The number of rotatable bonds is 3. The molecule has 1 saturated carbocycles. The number of fused-ring (bicyclic) bond motifs is 1. The van der Waals surface area contributed by atoms with E-state index in [0.29, 0.717) is 23.4 Å². The van der Waals surface area contributed by atoms with E-state index in [-0.39, 0.29) is 41.8 Å². The Bertz CT molecular complexity index is 784. The molecular weight excluding hydrogens is 356 g/mol. The summed E-state index contributed by atoms with van der Waals surface area (Å²) in [5.74, 6) is -0.576. The van der Waals surface area contributed by atoms with Crippen molar-refractivity contribution in [1.29, 1.82) is 0 Å². The van der Waals surface area contributed by atoms with Crippen molar-refractivity contribution in [2.75, 3.05) is 16.8 Å². The third kappa shape index (κ3) is 4.70. The van der Waals surface area contributed by atoms with E-state index in [1.165, 1.54) is 4.90 Å². The smallest absolute Gasteiger partial charge is 0.251 e. The molecule has 3 rings (SSSR count).